The van der Waals surface area contributed by atoms with E-state index in [4.69, 9.17) is 4.74 Å². The van der Waals surface area contributed by atoms with Crippen molar-refractivity contribution < 1.29 is 17.9 Å². The number of hydrogen-bond acceptors (Lipinski definition) is 2. The van der Waals surface area contributed by atoms with Gasteiger partial charge in [0.25, 0.3) is 0 Å². The Hall–Kier alpha value is -2.02. The Morgan fingerprint density at radius 3 is 2.65 bits per heavy atom. The summed E-state index contributed by atoms with van der Waals surface area (Å²) in [6.07, 6.45) is -1.22. The maximum Gasteiger partial charge on any atom is 0.416 e. The van der Waals surface area contributed by atoms with E-state index in [1.54, 1.807) is 0 Å². The highest BCUT2D eigenvalue weighted by Gasteiger charge is 2.31. The molecule has 0 unspecified atom stereocenters. The molecule has 7 heteroatoms. The van der Waals surface area contributed by atoms with E-state index in [1.807, 2.05) is 0 Å². The lowest BCUT2D eigenvalue weighted by atomic mass is 10.1. The summed E-state index contributed by atoms with van der Waals surface area (Å²) < 4.78 is 44.4. The van der Waals surface area contributed by atoms with Crippen LogP contribution in [0.15, 0.2) is 35.4 Å². The molecular formula is C13H13F3N2O2. The number of aromatic amines is 1. The first-order chi connectivity index (χ1) is 9.43. The van der Waals surface area contributed by atoms with Crippen LogP contribution in [0.2, 0.25) is 0 Å². The van der Waals surface area contributed by atoms with Crippen molar-refractivity contribution in [3.63, 3.8) is 0 Å². The van der Waals surface area contributed by atoms with Crippen LogP contribution < -0.4 is 5.69 Å². The Kier molecular flexibility index (Phi) is 3.99. The molecule has 0 spiro atoms. The number of aromatic nitrogens is 2. The summed E-state index contributed by atoms with van der Waals surface area (Å²) in [5, 5.41) is 0. The second-order valence-corrected chi connectivity index (χ2v) is 4.22. The number of ether oxygens (including phenoxy) is 1. The molecule has 0 saturated heterocycles. The molecule has 2 rings (SSSR count). The maximum atomic E-state index is 12.7. The van der Waals surface area contributed by atoms with Gasteiger partial charge in [0, 0.05) is 19.5 Å². The number of benzene rings is 1. The van der Waals surface area contributed by atoms with Crippen LogP contribution in [0.1, 0.15) is 11.1 Å². The van der Waals surface area contributed by atoms with Gasteiger partial charge in [0.15, 0.2) is 0 Å². The lowest BCUT2D eigenvalue weighted by Crippen LogP contribution is -2.17. The molecule has 0 amide bonds. The van der Waals surface area contributed by atoms with Crippen molar-refractivity contribution in [3.8, 4) is 5.69 Å². The SMILES string of the molecule is COCCc1cc(C(F)(F)F)ccc1-n1cc[nH]c1=O. The predicted molar refractivity (Wildman–Crippen MR) is 67.0 cm³/mol. The van der Waals surface area contributed by atoms with Gasteiger partial charge in [-0.1, -0.05) is 0 Å². The van der Waals surface area contributed by atoms with Gasteiger partial charge in [-0.3, -0.25) is 4.57 Å². The number of H-pyrrole nitrogens is 1. The normalized spacial score (nSPS) is 11.8. The fourth-order valence-electron chi connectivity index (χ4n) is 1.92. The number of nitrogens with zero attached hydrogens (tertiary/aromatic N) is 1. The molecule has 4 nitrogen and oxygen atoms in total. The first-order valence-corrected chi connectivity index (χ1v) is 5.89. The zero-order chi connectivity index (χ0) is 14.8. The largest absolute Gasteiger partial charge is 0.416 e. The number of alkyl halides is 3. The van der Waals surface area contributed by atoms with E-state index >= 15 is 0 Å². The van der Waals surface area contributed by atoms with Crippen LogP contribution in [-0.4, -0.2) is 23.3 Å². The van der Waals surface area contributed by atoms with Crippen molar-refractivity contribution in [2.24, 2.45) is 0 Å². The van der Waals surface area contributed by atoms with E-state index in [0.717, 1.165) is 12.1 Å². The summed E-state index contributed by atoms with van der Waals surface area (Å²) in [6.45, 7) is 0.271. The van der Waals surface area contributed by atoms with Gasteiger partial charge in [-0.2, -0.15) is 13.2 Å². The highest BCUT2D eigenvalue weighted by atomic mass is 19.4. The summed E-state index contributed by atoms with van der Waals surface area (Å²) in [5.41, 5.74) is -0.316. The highest BCUT2D eigenvalue weighted by molar-refractivity contribution is 5.44. The van der Waals surface area contributed by atoms with Gasteiger partial charge >= 0.3 is 11.9 Å². The standard InChI is InChI=1S/C13H13F3N2O2/c1-20-7-4-9-8-10(13(14,15)16)2-3-11(9)18-6-5-17-12(18)19/h2-3,5-6,8H,4,7H2,1H3,(H,17,19). The van der Waals surface area contributed by atoms with Crippen molar-refractivity contribution in [2.75, 3.05) is 13.7 Å². The van der Waals surface area contributed by atoms with Crippen molar-refractivity contribution >= 4 is 0 Å². The number of hydrogen-bond donors (Lipinski definition) is 1. The molecule has 20 heavy (non-hydrogen) atoms. The minimum atomic E-state index is -4.41. The molecule has 1 aromatic heterocycles. The summed E-state index contributed by atoms with van der Waals surface area (Å²) in [4.78, 5) is 14.0. The number of imidazole rings is 1. The first-order valence-electron chi connectivity index (χ1n) is 5.89. The van der Waals surface area contributed by atoms with Crippen LogP contribution in [0.25, 0.3) is 5.69 Å². The molecule has 0 atom stereocenters. The van der Waals surface area contributed by atoms with Gasteiger partial charge in [0.1, 0.15) is 0 Å². The lowest BCUT2D eigenvalue weighted by molar-refractivity contribution is -0.137. The Labute approximate surface area is 112 Å². The van der Waals surface area contributed by atoms with E-state index in [0.29, 0.717) is 11.3 Å². The monoisotopic (exact) mass is 286 g/mol. The fraction of sp³-hybridized carbons (Fsp3) is 0.308. The molecule has 0 aliphatic heterocycles. The third-order valence-corrected chi connectivity index (χ3v) is 2.89. The van der Waals surface area contributed by atoms with Crippen LogP contribution in [0.3, 0.4) is 0 Å². The van der Waals surface area contributed by atoms with Crippen molar-refractivity contribution in [2.45, 2.75) is 12.6 Å². The van der Waals surface area contributed by atoms with Crippen LogP contribution >= 0.6 is 0 Å². The third-order valence-electron chi connectivity index (χ3n) is 2.89. The van der Waals surface area contributed by atoms with Crippen LogP contribution in [0.5, 0.6) is 0 Å². The topological polar surface area (TPSA) is 47.0 Å². The van der Waals surface area contributed by atoms with Gasteiger partial charge in [-0.05, 0) is 30.2 Å². The van der Waals surface area contributed by atoms with Gasteiger partial charge in [-0.25, -0.2) is 4.79 Å². The number of rotatable bonds is 4. The third kappa shape index (κ3) is 2.93. The molecule has 0 bridgehead atoms. The molecule has 108 valence electrons. The average Bonchev–Trinajstić information content (AvgIpc) is 2.81. The fourth-order valence-corrected chi connectivity index (χ4v) is 1.92. The smallest absolute Gasteiger partial charge is 0.384 e. The Morgan fingerprint density at radius 2 is 2.10 bits per heavy atom. The molecule has 1 heterocycles. The average molecular weight is 286 g/mol. The van der Waals surface area contributed by atoms with E-state index < -0.39 is 17.4 Å². The molecule has 0 aliphatic rings. The first kappa shape index (κ1) is 14.4. The zero-order valence-electron chi connectivity index (χ0n) is 10.7. The van der Waals surface area contributed by atoms with Crippen LogP contribution in [0, 0.1) is 0 Å². The molecule has 1 N–H and O–H groups in total. The molecule has 0 radical (unpaired) electrons. The minimum Gasteiger partial charge on any atom is -0.384 e. The minimum absolute atomic E-state index is 0.271. The second kappa shape index (κ2) is 5.54. The Morgan fingerprint density at radius 1 is 1.35 bits per heavy atom. The molecule has 0 saturated carbocycles. The quantitative estimate of drug-likeness (QED) is 0.938. The molecule has 2 aromatic rings. The summed E-state index contributed by atoms with van der Waals surface area (Å²) >= 11 is 0. The summed E-state index contributed by atoms with van der Waals surface area (Å²) in [6, 6.07) is 3.31. The Balaban J connectivity index is 2.51. The van der Waals surface area contributed by atoms with Crippen molar-refractivity contribution in [1.82, 2.24) is 9.55 Å². The maximum absolute atomic E-state index is 12.7. The summed E-state index contributed by atoms with van der Waals surface area (Å²) in [5.74, 6) is 0. The van der Waals surface area contributed by atoms with E-state index in [9.17, 15) is 18.0 Å². The van der Waals surface area contributed by atoms with Crippen molar-refractivity contribution in [1.29, 1.82) is 0 Å². The molecule has 0 aliphatic carbocycles. The van der Waals surface area contributed by atoms with E-state index in [-0.39, 0.29) is 13.0 Å². The van der Waals surface area contributed by atoms with Gasteiger partial charge < -0.3 is 9.72 Å². The number of nitrogens with one attached hydrogen (secondary N) is 1. The lowest BCUT2D eigenvalue weighted by Gasteiger charge is -2.13. The number of methoxy groups -OCH3 is 1. The zero-order valence-corrected chi connectivity index (χ0v) is 10.7. The highest BCUT2D eigenvalue weighted by Crippen LogP contribution is 2.31. The van der Waals surface area contributed by atoms with E-state index in [2.05, 4.69) is 4.98 Å². The van der Waals surface area contributed by atoms with Crippen LogP contribution in [-0.2, 0) is 17.3 Å². The van der Waals surface area contributed by atoms with Gasteiger partial charge in [0.05, 0.1) is 17.9 Å². The van der Waals surface area contributed by atoms with Crippen molar-refractivity contribution in [3.05, 3.63) is 52.2 Å². The van der Waals surface area contributed by atoms with Gasteiger partial charge in [0.2, 0.25) is 0 Å². The van der Waals surface area contributed by atoms with Gasteiger partial charge in [-0.15, -0.1) is 0 Å². The van der Waals surface area contributed by atoms with E-state index in [1.165, 1.54) is 30.1 Å². The molecule has 0 fully saturated rings. The molecular weight excluding hydrogens is 273 g/mol. The second-order valence-electron chi connectivity index (χ2n) is 4.22. The Bertz CT molecular complexity index is 644. The van der Waals surface area contributed by atoms with Crippen LogP contribution in [0.4, 0.5) is 13.2 Å². The number of halogens is 3. The summed E-state index contributed by atoms with van der Waals surface area (Å²) in [7, 11) is 1.47. The molecule has 1 aromatic carbocycles. The predicted octanol–water partition coefficient (Wildman–Crippen LogP) is 2.37.